The Morgan fingerprint density at radius 2 is 1.73 bits per heavy atom. The molecule has 1 aliphatic carbocycles. The van der Waals surface area contributed by atoms with E-state index >= 15 is 0 Å². The molecule has 0 atom stereocenters. The third-order valence-corrected chi connectivity index (χ3v) is 3.81. The van der Waals surface area contributed by atoms with Crippen LogP contribution in [-0.2, 0) is 14.3 Å². The van der Waals surface area contributed by atoms with Crippen molar-refractivity contribution in [3.63, 3.8) is 0 Å². The van der Waals surface area contributed by atoms with Crippen LogP contribution < -0.4 is 5.32 Å². The first-order valence-corrected chi connectivity index (χ1v) is 7.64. The van der Waals surface area contributed by atoms with E-state index in [-0.39, 0.29) is 30.2 Å². The van der Waals surface area contributed by atoms with Crippen molar-refractivity contribution < 1.29 is 19.1 Å². The molecule has 1 amide bonds. The van der Waals surface area contributed by atoms with Crippen LogP contribution in [-0.4, -0.2) is 24.3 Å². The molecular formula is C17H21NO4. The Morgan fingerprint density at radius 3 is 2.32 bits per heavy atom. The normalized spacial score (nSPS) is 15.1. The summed E-state index contributed by atoms with van der Waals surface area (Å²) < 4.78 is 5.13. The van der Waals surface area contributed by atoms with Crippen molar-refractivity contribution in [1.29, 1.82) is 0 Å². The fourth-order valence-electron chi connectivity index (χ4n) is 2.62. The summed E-state index contributed by atoms with van der Waals surface area (Å²) in [7, 11) is 0. The Kier molecular flexibility index (Phi) is 5.69. The summed E-state index contributed by atoms with van der Waals surface area (Å²) in [6, 6.07) is 6.53. The Balaban J connectivity index is 1.83. The summed E-state index contributed by atoms with van der Waals surface area (Å²) >= 11 is 0. The van der Waals surface area contributed by atoms with E-state index in [2.05, 4.69) is 5.32 Å². The highest BCUT2D eigenvalue weighted by molar-refractivity contribution is 5.98. The molecule has 0 heterocycles. The molecule has 5 nitrogen and oxygen atoms in total. The average molecular weight is 303 g/mol. The van der Waals surface area contributed by atoms with Gasteiger partial charge in [0.1, 0.15) is 0 Å². The molecular weight excluding hydrogens is 282 g/mol. The summed E-state index contributed by atoms with van der Waals surface area (Å²) in [6.07, 6.45) is 5.00. The fourth-order valence-corrected chi connectivity index (χ4v) is 2.62. The standard InChI is InChI=1S/C17H21NO4/c1-12(19)18-15-9-7-13(8-10-15)16(20)11-22-17(21)14-5-3-2-4-6-14/h7-10,14H,2-6,11H2,1H3,(H,18,19). The number of Topliss-reactive ketones (excluding diaryl/α,β-unsaturated/α-hetero) is 1. The van der Waals surface area contributed by atoms with Gasteiger partial charge in [-0.15, -0.1) is 0 Å². The highest BCUT2D eigenvalue weighted by Crippen LogP contribution is 2.24. The molecule has 0 bridgehead atoms. The van der Waals surface area contributed by atoms with Gasteiger partial charge in [-0.25, -0.2) is 0 Å². The van der Waals surface area contributed by atoms with Gasteiger partial charge in [0.15, 0.2) is 12.4 Å². The predicted molar refractivity (Wildman–Crippen MR) is 82.6 cm³/mol. The van der Waals surface area contributed by atoms with E-state index in [1.165, 1.54) is 13.3 Å². The van der Waals surface area contributed by atoms with Crippen LogP contribution in [0.4, 0.5) is 5.69 Å². The molecule has 0 aromatic heterocycles. The first-order chi connectivity index (χ1) is 10.6. The van der Waals surface area contributed by atoms with E-state index < -0.39 is 0 Å². The van der Waals surface area contributed by atoms with Crippen LogP contribution in [0.2, 0.25) is 0 Å². The maximum atomic E-state index is 12.0. The number of ether oxygens (including phenoxy) is 1. The first kappa shape index (κ1) is 16.2. The number of esters is 1. The predicted octanol–water partition coefficient (Wildman–Crippen LogP) is 2.95. The zero-order valence-electron chi connectivity index (χ0n) is 12.8. The van der Waals surface area contributed by atoms with Crippen molar-refractivity contribution in [3.05, 3.63) is 29.8 Å². The van der Waals surface area contributed by atoms with Gasteiger partial charge in [0, 0.05) is 18.2 Å². The Labute approximate surface area is 130 Å². The van der Waals surface area contributed by atoms with Crippen LogP contribution in [0.15, 0.2) is 24.3 Å². The van der Waals surface area contributed by atoms with Gasteiger partial charge < -0.3 is 10.1 Å². The number of rotatable bonds is 5. The molecule has 0 unspecified atom stereocenters. The first-order valence-electron chi connectivity index (χ1n) is 7.64. The van der Waals surface area contributed by atoms with Gasteiger partial charge >= 0.3 is 5.97 Å². The van der Waals surface area contributed by atoms with E-state index in [0.717, 1.165) is 25.7 Å². The van der Waals surface area contributed by atoms with E-state index in [4.69, 9.17) is 4.74 Å². The van der Waals surface area contributed by atoms with Crippen LogP contribution in [0.25, 0.3) is 0 Å². The van der Waals surface area contributed by atoms with Gasteiger partial charge in [0.25, 0.3) is 0 Å². The van der Waals surface area contributed by atoms with Gasteiger partial charge in [-0.1, -0.05) is 19.3 Å². The topological polar surface area (TPSA) is 72.5 Å². The van der Waals surface area contributed by atoms with Crippen LogP contribution in [0, 0.1) is 5.92 Å². The number of carbonyl (C=O) groups is 3. The summed E-state index contributed by atoms with van der Waals surface area (Å²) in [5, 5.41) is 2.63. The third-order valence-electron chi connectivity index (χ3n) is 3.81. The van der Waals surface area contributed by atoms with Gasteiger partial charge in [-0.2, -0.15) is 0 Å². The van der Waals surface area contributed by atoms with Crippen molar-refractivity contribution in [2.24, 2.45) is 5.92 Å². The molecule has 1 aromatic rings. The maximum Gasteiger partial charge on any atom is 0.309 e. The van der Waals surface area contributed by atoms with Crippen molar-refractivity contribution in [2.45, 2.75) is 39.0 Å². The maximum absolute atomic E-state index is 12.0. The highest BCUT2D eigenvalue weighted by Gasteiger charge is 2.23. The molecule has 1 N–H and O–H groups in total. The van der Waals surface area contributed by atoms with Gasteiger partial charge in [0.05, 0.1) is 5.92 Å². The van der Waals surface area contributed by atoms with Gasteiger partial charge in [-0.05, 0) is 37.1 Å². The molecule has 0 radical (unpaired) electrons. The second kappa shape index (κ2) is 7.73. The second-order valence-electron chi connectivity index (χ2n) is 5.62. The highest BCUT2D eigenvalue weighted by atomic mass is 16.5. The number of hydrogen-bond acceptors (Lipinski definition) is 4. The SMILES string of the molecule is CC(=O)Nc1ccc(C(=O)COC(=O)C2CCCCC2)cc1. The number of carbonyl (C=O) groups excluding carboxylic acids is 3. The Morgan fingerprint density at radius 1 is 1.09 bits per heavy atom. The quantitative estimate of drug-likeness (QED) is 0.670. The average Bonchev–Trinajstić information content (AvgIpc) is 2.53. The van der Waals surface area contributed by atoms with E-state index in [1.54, 1.807) is 24.3 Å². The number of ketones is 1. The molecule has 1 aliphatic rings. The van der Waals surface area contributed by atoms with Crippen molar-refractivity contribution in [3.8, 4) is 0 Å². The zero-order valence-corrected chi connectivity index (χ0v) is 12.8. The van der Waals surface area contributed by atoms with Crippen molar-refractivity contribution in [1.82, 2.24) is 0 Å². The zero-order chi connectivity index (χ0) is 15.9. The molecule has 1 saturated carbocycles. The third kappa shape index (κ3) is 4.69. The summed E-state index contributed by atoms with van der Waals surface area (Å²) in [4.78, 5) is 34.8. The number of nitrogens with one attached hydrogen (secondary N) is 1. The number of benzene rings is 1. The van der Waals surface area contributed by atoms with Crippen LogP contribution >= 0.6 is 0 Å². The monoisotopic (exact) mass is 303 g/mol. The summed E-state index contributed by atoms with van der Waals surface area (Å²) in [5.74, 6) is -0.717. The lowest BCUT2D eigenvalue weighted by Gasteiger charge is -2.19. The van der Waals surface area contributed by atoms with Crippen molar-refractivity contribution in [2.75, 3.05) is 11.9 Å². The molecule has 1 aromatic carbocycles. The molecule has 0 aliphatic heterocycles. The molecule has 0 saturated heterocycles. The van der Waals surface area contributed by atoms with Crippen LogP contribution in [0.5, 0.6) is 0 Å². The Hall–Kier alpha value is -2.17. The molecule has 22 heavy (non-hydrogen) atoms. The number of anilines is 1. The molecule has 0 spiro atoms. The lowest BCUT2D eigenvalue weighted by molar-refractivity contribution is -0.148. The molecule has 1 fully saturated rings. The molecule has 5 heteroatoms. The van der Waals surface area contributed by atoms with E-state index in [0.29, 0.717) is 11.3 Å². The van der Waals surface area contributed by atoms with Gasteiger partial charge in [-0.3, -0.25) is 14.4 Å². The van der Waals surface area contributed by atoms with Crippen molar-refractivity contribution >= 4 is 23.3 Å². The minimum absolute atomic E-state index is 0.0521. The van der Waals surface area contributed by atoms with E-state index in [1.807, 2.05) is 0 Å². The van der Waals surface area contributed by atoms with Gasteiger partial charge in [0.2, 0.25) is 5.91 Å². The lowest BCUT2D eigenvalue weighted by atomic mass is 9.89. The minimum atomic E-state index is -0.261. The second-order valence-corrected chi connectivity index (χ2v) is 5.62. The van der Waals surface area contributed by atoms with Crippen LogP contribution in [0.1, 0.15) is 49.4 Å². The molecule has 118 valence electrons. The number of amides is 1. The largest absolute Gasteiger partial charge is 0.457 e. The fraction of sp³-hybridized carbons (Fsp3) is 0.471. The minimum Gasteiger partial charge on any atom is -0.457 e. The molecule has 2 rings (SSSR count). The summed E-state index contributed by atoms with van der Waals surface area (Å²) in [5.41, 5.74) is 1.09. The van der Waals surface area contributed by atoms with E-state index in [9.17, 15) is 14.4 Å². The lowest BCUT2D eigenvalue weighted by Crippen LogP contribution is -2.23. The summed E-state index contributed by atoms with van der Waals surface area (Å²) in [6.45, 7) is 1.19. The number of hydrogen-bond donors (Lipinski definition) is 1. The Bertz CT molecular complexity index is 544. The smallest absolute Gasteiger partial charge is 0.309 e. The van der Waals surface area contributed by atoms with Crippen LogP contribution in [0.3, 0.4) is 0 Å².